The Hall–Kier alpha value is -1.52. The number of rotatable bonds is 3. The van der Waals surface area contributed by atoms with E-state index in [2.05, 4.69) is 6.58 Å². The zero-order chi connectivity index (χ0) is 14.8. The van der Waals surface area contributed by atoms with Gasteiger partial charge in [0.25, 0.3) is 0 Å². The van der Waals surface area contributed by atoms with Crippen LogP contribution in [0.5, 0.6) is 0 Å². The fourth-order valence-corrected chi connectivity index (χ4v) is 2.39. The Morgan fingerprint density at radius 2 is 2.11 bits per heavy atom. The van der Waals surface area contributed by atoms with Crippen molar-refractivity contribution in [3.05, 3.63) is 12.7 Å². The normalized spacial score (nSPS) is 27.2. The first-order valence-corrected chi connectivity index (χ1v) is 6.41. The van der Waals surface area contributed by atoms with E-state index in [1.807, 2.05) is 6.92 Å². The van der Waals surface area contributed by atoms with Crippen molar-refractivity contribution in [2.45, 2.75) is 52.2 Å². The van der Waals surface area contributed by atoms with Gasteiger partial charge in [0, 0.05) is 6.54 Å². The predicted octanol–water partition coefficient (Wildman–Crippen LogP) is 2.66. The minimum atomic E-state index is -0.987. The molecule has 0 aliphatic carbocycles. The molecule has 0 aromatic carbocycles. The highest BCUT2D eigenvalue weighted by Gasteiger charge is 2.46. The summed E-state index contributed by atoms with van der Waals surface area (Å²) in [5.41, 5.74) is -0.876. The Morgan fingerprint density at radius 1 is 1.53 bits per heavy atom. The largest absolute Gasteiger partial charge is 0.480 e. The summed E-state index contributed by atoms with van der Waals surface area (Å²) in [7, 11) is 0. The van der Waals surface area contributed by atoms with Crippen molar-refractivity contribution in [1.29, 1.82) is 0 Å². The van der Waals surface area contributed by atoms with Crippen LogP contribution in [0.2, 0.25) is 0 Å². The van der Waals surface area contributed by atoms with E-state index in [1.165, 1.54) is 4.90 Å². The molecule has 2 atom stereocenters. The summed E-state index contributed by atoms with van der Waals surface area (Å²) < 4.78 is 5.27. The number of hydrogen-bond donors (Lipinski definition) is 1. The van der Waals surface area contributed by atoms with E-state index in [9.17, 15) is 14.7 Å². The topological polar surface area (TPSA) is 66.8 Å². The summed E-state index contributed by atoms with van der Waals surface area (Å²) in [6, 6.07) is -0.820. The van der Waals surface area contributed by atoms with Gasteiger partial charge in [-0.3, -0.25) is 4.90 Å². The highest BCUT2D eigenvalue weighted by molar-refractivity contribution is 5.81. The lowest BCUT2D eigenvalue weighted by molar-refractivity contribution is -0.142. The second kappa shape index (κ2) is 5.23. The van der Waals surface area contributed by atoms with Crippen molar-refractivity contribution in [2.75, 3.05) is 6.54 Å². The molecule has 108 valence electrons. The highest BCUT2D eigenvalue weighted by Crippen LogP contribution is 2.38. The van der Waals surface area contributed by atoms with Crippen LogP contribution in [0.1, 0.15) is 40.5 Å². The number of ether oxygens (including phenoxy) is 1. The first-order chi connectivity index (χ1) is 8.58. The summed E-state index contributed by atoms with van der Waals surface area (Å²) in [6.07, 6.45) is 2.30. The number of amides is 1. The number of allylic oxidation sites excluding steroid dienone is 1. The molecular weight excluding hydrogens is 246 g/mol. The zero-order valence-electron chi connectivity index (χ0n) is 12.1. The molecule has 5 heteroatoms. The molecule has 0 saturated carbocycles. The van der Waals surface area contributed by atoms with Crippen molar-refractivity contribution in [2.24, 2.45) is 5.41 Å². The van der Waals surface area contributed by atoms with E-state index < -0.39 is 23.7 Å². The number of hydrogen-bond acceptors (Lipinski definition) is 3. The molecule has 19 heavy (non-hydrogen) atoms. The molecule has 1 aliphatic rings. The smallest absolute Gasteiger partial charge is 0.411 e. The fourth-order valence-electron chi connectivity index (χ4n) is 2.39. The van der Waals surface area contributed by atoms with Crippen LogP contribution in [-0.2, 0) is 9.53 Å². The third kappa shape index (κ3) is 3.98. The third-order valence-electron chi connectivity index (χ3n) is 3.16. The fraction of sp³-hybridized carbons (Fsp3) is 0.714. The molecule has 5 nitrogen and oxygen atoms in total. The van der Waals surface area contributed by atoms with E-state index in [-0.39, 0.29) is 5.41 Å². The van der Waals surface area contributed by atoms with Crippen molar-refractivity contribution in [1.82, 2.24) is 4.90 Å². The lowest BCUT2D eigenvalue weighted by Crippen LogP contribution is -2.43. The number of aliphatic carboxylic acids is 1. The second-order valence-electron chi connectivity index (χ2n) is 6.47. The van der Waals surface area contributed by atoms with Crippen LogP contribution in [0.3, 0.4) is 0 Å². The third-order valence-corrected chi connectivity index (χ3v) is 3.16. The van der Waals surface area contributed by atoms with E-state index in [1.54, 1.807) is 26.8 Å². The molecule has 0 aromatic rings. The molecule has 1 N–H and O–H groups in total. The summed E-state index contributed by atoms with van der Waals surface area (Å²) in [5, 5.41) is 9.26. The molecule has 0 radical (unpaired) electrons. The van der Waals surface area contributed by atoms with Crippen molar-refractivity contribution in [3.63, 3.8) is 0 Å². The first kappa shape index (κ1) is 15.5. The van der Waals surface area contributed by atoms with Gasteiger partial charge in [0.05, 0.1) is 0 Å². The van der Waals surface area contributed by atoms with Crippen molar-refractivity contribution >= 4 is 12.1 Å². The molecular formula is C14H23NO4. The molecule has 0 aromatic heterocycles. The van der Waals surface area contributed by atoms with Crippen molar-refractivity contribution in [3.8, 4) is 0 Å². The summed E-state index contributed by atoms with van der Waals surface area (Å²) in [6.45, 7) is 11.3. The number of carboxylic acids is 1. The summed E-state index contributed by atoms with van der Waals surface area (Å²) >= 11 is 0. The van der Waals surface area contributed by atoms with Crippen LogP contribution in [0.15, 0.2) is 12.7 Å². The Morgan fingerprint density at radius 3 is 2.53 bits per heavy atom. The Kier molecular flexibility index (Phi) is 4.28. The SMILES string of the molecule is C=CCC1(C)C[C@@H](C(=O)O)N(C(=O)OC(C)(C)C)C1. The van der Waals surface area contributed by atoms with Gasteiger partial charge in [-0.1, -0.05) is 13.0 Å². The maximum absolute atomic E-state index is 12.1. The second-order valence-corrected chi connectivity index (χ2v) is 6.47. The van der Waals surface area contributed by atoms with Gasteiger partial charge in [0.2, 0.25) is 0 Å². The number of carboxylic acid groups (broad SMARTS) is 1. The summed E-state index contributed by atoms with van der Waals surface area (Å²) in [4.78, 5) is 24.7. The van der Waals surface area contributed by atoms with Gasteiger partial charge in [-0.05, 0) is 39.0 Å². The van der Waals surface area contributed by atoms with Crippen molar-refractivity contribution < 1.29 is 19.4 Å². The lowest BCUT2D eigenvalue weighted by atomic mass is 9.84. The van der Waals surface area contributed by atoms with Crippen LogP contribution >= 0.6 is 0 Å². The van der Waals surface area contributed by atoms with Gasteiger partial charge in [-0.25, -0.2) is 9.59 Å². The molecule has 1 amide bonds. The molecule has 1 saturated heterocycles. The molecule has 1 unspecified atom stereocenters. The van der Waals surface area contributed by atoms with Gasteiger partial charge in [-0.15, -0.1) is 6.58 Å². The molecule has 0 bridgehead atoms. The maximum atomic E-state index is 12.1. The Balaban J connectivity index is 2.88. The molecule has 1 rings (SSSR count). The van der Waals surface area contributed by atoms with Crippen LogP contribution in [0.25, 0.3) is 0 Å². The molecule has 0 spiro atoms. The Labute approximate surface area is 114 Å². The molecule has 1 heterocycles. The number of likely N-dealkylation sites (tertiary alicyclic amines) is 1. The number of carbonyl (C=O) groups excluding carboxylic acids is 1. The minimum absolute atomic E-state index is 0.248. The van der Waals surface area contributed by atoms with Crippen LogP contribution < -0.4 is 0 Å². The van der Waals surface area contributed by atoms with Crippen LogP contribution in [0.4, 0.5) is 4.79 Å². The van der Waals surface area contributed by atoms with Gasteiger partial charge >= 0.3 is 12.1 Å². The predicted molar refractivity (Wildman–Crippen MR) is 71.9 cm³/mol. The minimum Gasteiger partial charge on any atom is -0.480 e. The first-order valence-electron chi connectivity index (χ1n) is 6.41. The zero-order valence-corrected chi connectivity index (χ0v) is 12.1. The summed E-state index contributed by atoms with van der Waals surface area (Å²) in [5.74, 6) is -0.987. The van der Waals surface area contributed by atoms with E-state index in [4.69, 9.17) is 4.74 Å². The van der Waals surface area contributed by atoms with Crippen LogP contribution in [-0.4, -0.2) is 40.3 Å². The van der Waals surface area contributed by atoms with E-state index >= 15 is 0 Å². The Bertz CT molecular complexity index is 385. The van der Waals surface area contributed by atoms with E-state index in [0.29, 0.717) is 19.4 Å². The van der Waals surface area contributed by atoms with Gasteiger partial charge in [0.1, 0.15) is 11.6 Å². The van der Waals surface area contributed by atoms with Gasteiger partial charge in [-0.2, -0.15) is 0 Å². The average Bonchev–Trinajstić information content (AvgIpc) is 2.54. The average molecular weight is 269 g/mol. The number of carbonyl (C=O) groups is 2. The maximum Gasteiger partial charge on any atom is 0.411 e. The molecule has 1 aliphatic heterocycles. The van der Waals surface area contributed by atoms with Crippen LogP contribution in [0, 0.1) is 5.41 Å². The lowest BCUT2D eigenvalue weighted by Gasteiger charge is -2.27. The highest BCUT2D eigenvalue weighted by atomic mass is 16.6. The van der Waals surface area contributed by atoms with E-state index in [0.717, 1.165) is 0 Å². The van der Waals surface area contributed by atoms with Gasteiger partial charge in [0.15, 0.2) is 0 Å². The molecule has 1 fully saturated rings. The van der Waals surface area contributed by atoms with Gasteiger partial charge < -0.3 is 9.84 Å². The monoisotopic (exact) mass is 269 g/mol. The standard InChI is InChI=1S/C14H23NO4/c1-6-7-14(5)8-10(11(16)17)15(9-14)12(18)19-13(2,3)4/h6,10H,1,7-9H2,2-5H3,(H,16,17)/t10-,14?/m0/s1. The number of nitrogens with zero attached hydrogens (tertiary/aromatic N) is 1. The quantitative estimate of drug-likeness (QED) is 0.800.